The molecular weight excluding hydrogens is 580 g/mol. The van der Waals surface area contributed by atoms with Gasteiger partial charge in [-0.05, 0) is 24.3 Å². The lowest BCUT2D eigenvalue weighted by atomic mass is 9.98. The van der Waals surface area contributed by atoms with Gasteiger partial charge in [-0.15, -0.1) is 0 Å². The first-order valence-corrected chi connectivity index (χ1v) is 12.9. The average molecular weight is 609 g/mol. The van der Waals surface area contributed by atoms with Gasteiger partial charge in [-0.2, -0.15) is 0 Å². The van der Waals surface area contributed by atoms with Gasteiger partial charge in [0.2, 0.25) is 12.6 Å². The number of benzene rings is 2. The zero-order valence-corrected chi connectivity index (χ0v) is 21.9. The monoisotopic (exact) mass is 608 g/mol. The van der Waals surface area contributed by atoms with Gasteiger partial charge in [0.15, 0.2) is 11.5 Å². The molecule has 0 bridgehead atoms. The summed E-state index contributed by atoms with van der Waals surface area (Å²) in [5.41, 5.74) is -0.349. The van der Waals surface area contributed by atoms with Crippen molar-refractivity contribution in [2.75, 3.05) is 6.61 Å². The Balaban J connectivity index is 1.38. The van der Waals surface area contributed by atoms with E-state index in [2.05, 4.69) is 0 Å². The van der Waals surface area contributed by atoms with Crippen LogP contribution in [0.1, 0.15) is 0 Å². The predicted octanol–water partition coefficient (Wildman–Crippen LogP) is -2.60. The van der Waals surface area contributed by atoms with Crippen molar-refractivity contribution < 1.29 is 74.1 Å². The highest BCUT2D eigenvalue weighted by molar-refractivity contribution is 5.86. The molecule has 3 aromatic rings. The minimum atomic E-state index is -2.08. The maximum Gasteiger partial charge on any atom is 0.340 e. The fraction of sp³-hybridized carbons (Fsp3) is 0.407. The molecule has 16 heteroatoms. The van der Waals surface area contributed by atoms with E-state index in [1.807, 2.05) is 0 Å². The molecule has 2 saturated heterocycles. The normalized spacial score (nSPS) is 32.8. The van der Waals surface area contributed by atoms with Crippen LogP contribution in [-0.4, -0.2) is 120 Å². The molecule has 1 aromatic heterocycles. The van der Waals surface area contributed by atoms with Crippen molar-refractivity contribution in [1.82, 2.24) is 0 Å². The molecule has 2 aromatic carbocycles. The van der Waals surface area contributed by atoms with Gasteiger partial charge in [0.05, 0.1) is 6.61 Å². The second-order valence-corrected chi connectivity index (χ2v) is 9.99. The summed E-state index contributed by atoms with van der Waals surface area (Å²) in [5, 5.41) is 90.4. The summed E-state index contributed by atoms with van der Waals surface area (Å²) in [4.78, 5) is 25.6. The van der Waals surface area contributed by atoms with Gasteiger partial charge in [0.1, 0.15) is 76.7 Å². The number of esters is 1. The molecule has 10 atom stereocenters. The largest absolute Gasteiger partial charge is 0.508 e. The topological polar surface area (TPSA) is 266 Å². The van der Waals surface area contributed by atoms with Crippen LogP contribution in [0.15, 0.2) is 51.7 Å². The van der Waals surface area contributed by atoms with Crippen molar-refractivity contribution in [3.05, 3.63) is 52.7 Å². The minimum Gasteiger partial charge on any atom is -0.508 e. The van der Waals surface area contributed by atoms with Crippen LogP contribution in [0, 0.1) is 0 Å². The van der Waals surface area contributed by atoms with Gasteiger partial charge in [-0.25, -0.2) is 4.79 Å². The summed E-state index contributed by atoms with van der Waals surface area (Å²) < 4.78 is 26.7. The molecule has 2 aliphatic heterocycles. The molecule has 0 saturated carbocycles. The molecule has 2 aliphatic rings. The van der Waals surface area contributed by atoms with Crippen LogP contribution in [0.25, 0.3) is 22.3 Å². The highest BCUT2D eigenvalue weighted by Crippen LogP contribution is 2.34. The molecule has 232 valence electrons. The van der Waals surface area contributed by atoms with E-state index in [0.717, 1.165) is 18.2 Å². The highest BCUT2D eigenvalue weighted by Gasteiger charge is 2.51. The smallest absolute Gasteiger partial charge is 0.340 e. The van der Waals surface area contributed by atoms with Crippen LogP contribution >= 0.6 is 0 Å². The Morgan fingerprint density at radius 1 is 0.791 bits per heavy atom. The minimum absolute atomic E-state index is 0.0195. The van der Waals surface area contributed by atoms with E-state index in [9.17, 15) is 55.5 Å². The average Bonchev–Trinajstić information content (AvgIpc) is 2.97. The maximum atomic E-state index is 12.9. The van der Waals surface area contributed by atoms with Gasteiger partial charge in [-0.1, -0.05) is 0 Å². The third kappa shape index (κ3) is 5.87. The third-order valence-corrected chi connectivity index (χ3v) is 7.07. The lowest BCUT2D eigenvalue weighted by Crippen LogP contribution is -2.63. The van der Waals surface area contributed by atoms with E-state index in [0.29, 0.717) is 5.56 Å². The molecule has 9 N–H and O–H groups in total. The number of hydrogen-bond donors (Lipinski definition) is 9. The molecule has 16 nitrogen and oxygen atoms in total. The van der Waals surface area contributed by atoms with Crippen LogP contribution in [0.5, 0.6) is 17.2 Å². The van der Waals surface area contributed by atoms with Gasteiger partial charge >= 0.3 is 5.97 Å². The predicted molar refractivity (Wildman–Crippen MR) is 138 cm³/mol. The Morgan fingerprint density at radius 3 is 2.12 bits per heavy atom. The lowest BCUT2D eigenvalue weighted by molar-refractivity contribution is -0.307. The maximum absolute atomic E-state index is 12.9. The standard InChI is InChI=1S/C27H28O16/c28-8-16-18(32)19(33)22(36)27(41-16)43-25(38)24-21(35)20(34)23(37)26(42-24)39-11-5-12(30)17-13(31)7-14(40-15(17)6-11)9-1-3-10(29)4-2-9/h1-7,16,18-24,26-30,32-37H,8H2. The van der Waals surface area contributed by atoms with Crippen LogP contribution in [-0.2, 0) is 19.0 Å². The summed E-state index contributed by atoms with van der Waals surface area (Å²) in [6.45, 7) is -0.808. The highest BCUT2D eigenvalue weighted by atomic mass is 16.7. The first-order chi connectivity index (χ1) is 20.4. The second-order valence-electron chi connectivity index (χ2n) is 9.99. The van der Waals surface area contributed by atoms with E-state index in [1.54, 1.807) is 0 Å². The van der Waals surface area contributed by atoms with E-state index in [1.165, 1.54) is 24.3 Å². The van der Waals surface area contributed by atoms with Crippen LogP contribution < -0.4 is 10.2 Å². The first-order valence-electron chi connectivity index (χ1n) is 12.9. The third-order valence-electron chi connectivity index (χ3n) is 7.07. The molecule has 43 heavy (non-hydrogen) atoms. The SMILES string of the molecule is O=C(OC1OC(CO)C(O)C(O)C1O)C1OC(Oc2cc(O)c3c(=O)cc(-c4ccc(O)cc4)oc3c2)C(O)C(O)C1O. The van der Waals surface area contributed by atoms with Crippen LogP contribution in [0.4, 0.5) is 0 Å². The molecule has 0 radical (unpaired) electrons. The molecular formula is C27H28O16. The van der Waals surface area contributed by atoms with E-state index < -0.39 is 85.2 Å². The Labute approximate surface area is 240 Å². The fourth-order valence-electron chi connectivity index (χ4n) is 4.70. The summed E-state index contributed by atoms with van der Waals surface area (Å²) >= 11 is 0. The van der Waals surface area contributed by atoms with Gasteiger partial charge in [-0.3, -0.25) is 4.79 Å². The van der Waals surface area contributed by atoms with Crippen LogP contribution in [0.2, 0.25) is 0 Å². The Morgan fingerprint density at radius 2 is 1.44 bits per heavy atom. The second kappa shape index (κ2) is 12.0. The zero-order chi connectivity index (χ0) is 31.2. The van der Waals surface area contributed by atoms with Crippen molar-refractivity contribution in [3.63, 3.8) is 0 Å². The summed E-state index contributed by atoms with van der Waals surface area (Å²) in [6, 6.07) is 8.99. The summed E-state index contributed by atoms with van der Waals surface area (Å²) in [7, 11) is 0. The van der Waals surface area contributed by atoms with E-state index >= 15 is 0 Å². The number of carbonyl (C=O) groups excluding carboxylic acids is 1. The van der Waals surface area contributed by atoms with Crippen molar-refractivity contribution >= 4 is 16.9 Å². The van der Waals surface area contributed by atoms with Crippen molar-refractivity contribution in [2.24, 2.45) is 0 Å². The molecule has 2 fully saturated rings. The molecule has 3 heterocycles. The van der Waals surface area contributed by atoms with Gasteiger partial charge < -0.3 is 69.3 Å². The number of rotatable bonds is 6. The number of fused-ring (bicyclic) bond motifs is 1. The van der Waals surface area contributed by atoms with E-state index in [-0.39, 0.29) is 28.2 Å². The van der Waals surface area contributed by atoms with Gasteiger partial charge in [0.25, 0.3) is 0 Å². The molecule has 10 unspecified atom stereocenters. The Bertz CT molecular complexity index is 1520. The molecule has 0 aliphatic carbocycles. The van der Waals surface area contributed by atoms with E-state index in [4.69, 9.17) is 23.4 Å². The number of phenols is 2. The number of aliphatic hydroxyl groups is 7. The van der Waals surface area contributed by atoms with Crippen molar-refractivity contribution in [2.45, 2.75) is 61.4 Å². The number of carbonyl (C=O) groups is 1. The Kier molecular flexibility index (Phi) is 8.57. The fourth-order valence-corrected chi connectivity index (χ4v) is 4.70. The lowest BCUT2D eigenvalue weighted by Gasteiger charge is -2.41. The molecule has 5 rings (SSSR count). The number of hydrogen-bond acceptors (Lipinski definition) is 16. The number of aliphatic hydroxyl groups excluding tert-OH is 7. The number of ether oxygens (including phenoxy) is 4. The number of aromatic hydroxyl groups is 2. The molecule has 0 spiro atoms. The van der Waals surface area contributed by atoms with Crippen molar-refractivity contribution in [1.29, 1.82) is 0 Å². The molecule has 0 amide bonds. The zero-order valence-electron chi connectivity index (χ0n) is 21.9. The first kappa shape index (κ1) is 30.6. The van der Waals surface area contributed by atoms with Crippen molar-refractivity contribution in [3.8, 4) is 28.6 Å². The summed E-state index contributed by atoms with van der Waals surface area (Å²) in [6.07, 6.45) is -18.9. The number of phenolic OH excluding ortho intramolecular Hbond substituents is 2. The Hall–Kier alpha value is -3.84. The summed E-state index contributed by atoms with van der Waals surface area (Å²) in [5.74, 6) is -2.22. The van der Waals surface area contributed by atoms with Crippen LogP contribution in [0.3, 0.4) is 0 Å². The van der Waals surface area contributed by atoms with Gasteiger partial charge in [0, 0.05) is 23.8 Å². The quantitative estimate of drug-likeness (QED) is 0.130.